The molecular formula is C15H24N2O. The summed E-state index contributed by atoms with van der Waals surface area (Å²) >= 11 is 0. The lowest BCUT2D eigenvalue weighted by Crippen LogP contribution is -2.31. The molecule has 2 N–H and O–H groups in total. The topological polar surface area (TPSA) is 38.5 Å². The van der Waals surface area contributed by atoms with E-state index in [2.05, 4.69) is 43.3 Å². The lowest BCUT2D eigenvalue weighted by atomic mass is 9.86. The molecule has 0 saturated carbocycles. The van der Waals surface area contributed by atoms with E-state index in [0.717, 1.165) is 26.1 Å². The fourth-order valence-corrected chi connectivity index (χ4v) is 2.93. The fourth-order valence-electron chi connectivity index (χ4n) is 2.93. The van der Waals surface area contributed by atoms with E-state index in [0.29, 0.717) is 18.5 Å². The summed E-state index contributed by atoms with van der Waals surface area (Å²) in [5.74, 6) is 0.682. The summed E-state index contributed by atoms with van der Waals surface area (Å²) in [6.45, 7) is 2.40. The van der Waals surface area contributed by atoms with Gasteiger partial charge in [0.1, 0.15) is 0 Å². The molecule has 1 fully saturated rings. The standard InChI is InChI=1S/C15H24N2O/c1-17(2)15(13-6-8-18-9-7-13)14-5-3-4-12(10-14)11-16/h3-5,10,13,15H,6-9,11,16H2,1-2H3. The van der Waals surface area contributed by atoms with Crippen LogP contribution in [0.1, 0.15) is 30.0 Å². The van der Waals surface area contributed by atoms with Crippen LogP contribution in [-0.2, 0) is 11.3 Å². The van der Waals surface area contributed by atoms with Gasteiger partial charge in [-0.15, -0.1) is 0 Å². The third-order valence-corrected chi connectivity index (χ3v) is 3.80. The number of nitrogens with two attached hydrogens (primary N) is 1. The first kappa shape index (κ1) is 13.5. The second kappa shape index (κ2) is 6.32. The van der Waals surface area contributed by atoms with Crippen molar-refractivity contribution in [2.75, 3.05) is 27.3 Å². The Morgan fingerprint density at radius 3 is 2.67 bits per heavy atom. The Hall–Kier alpha value is -0.900. The molecule has 1 saturated heterocycles. The summed E-state index contributed by atoms with van der Waals surface area (Å²) in [7, 11) is 4.32. The molecule has 0 aromatic heterocycles. The normalized spacial score (nSPS) is 19.1. The number of nitrogens with zero attached hydrogens (tertiary/aromatic N) is 1. The van der Waals surface area contributed by atoms with Crippen LogP contribution in [0.15, 0.2) is 24.3 Å². The van der Waals surface area contributed by atoms with Crippen LogP contribution in [0.4, 0.5) is 0 Å². The van der Waals surface area contributed by atoms with E-state index in [9.17, 15) is 0 Å². The summed E-state index contributed by atoms with van der Waals surface area (Å²) in [4.78, 5) is 2.33. The van der Waals surface area contributed by atoms with E-state index in [4.69, 9.17) is 10.5 Å². The first-order valence-electron chi connectivity index (χ1n) is 6.75. The van der Waals surface area contributed by atoms with E-state index >= 15 is 0 Å². The van der Waals surface area contributed by atoms with Crippen LogP contribution < -0.4 is 5.73 Å². The summed E-state index contributed by atoms with van der Waals surface area (Å²) in [6, 6.07) is 9.16. The van der Waals surface area contributed by atoms with Gasteiger partial charge in [-0.25, -0.2) is 0 Å². The molecule has 1 aliphatic heterocycles. The van der Waals surface area contributed by atoms with Crippen LogP contribution in [-0.4, -0.2) is 32.2 Å². The van der Waals surface area contributed by atoms with Gasteiger partial charge in [-0.2, -0.15) is 0 Å². The average Bonchev–Trinajstić information content (AvgIpc) is 2.40. The molecule has 0 aliphatic carbocycles. The minimum atomic E-state index is 0.473. The Balaban J connectivity index is 2.22. The Morgan fingerprint density at radius 2 is 2.06 bits per heavy atom. The SMILES string of the molecule is CN(C)C(c1cccc(CN)c1)C1CCOCC1. The highest BCUT2D eigenvalue weighted by molar-refractivity contribution is 5.26. The molecular weight excluding hydrogens is 224 g/mol. The van der Waals surface area contributed by atoms with Crippen molar-refractivity contribution in [3.05, 3.63) is 35.4 Å². The predicted octanol–water partition coefficient (Wildman–Crippen LogP) is 2.17. The van der Waals surface area contributed by atoms with E-state index in [-0.39, 0.29) is 0 Å². The maximum Gasteiger partial charge on any atom is 0.0469 e. The van der Waals surface area contributed by atoms with E-state index in [1.165, 1.54) is 11.1 Å². The molecule has 0 spiro atoms. The number of hydrogen-bond acceptors (Lipinski definition) is 3. The third-order valence-electron chi connectivity index (χ3n) is 3.80. The zero-order valence-corrected chi connectivity index (χ0v) is 11.4. The highest BCUT2D eigenvalue weighted by Crippen LogP contribution is 2.33. The van der Waals surface area contributed by atoms with Crippen LogP contribution in [0.2, 0.25) is 0 Å². The van der Waals surface area contributed by atoms with Crippen molar-refractivity contribution in [3.63, 3.8) is 0 Å². The second-order valence-corrected chi connectivity index (χ2v) is 5.31. The van der Waals surface area contributed by atoms with E-state index < -0.39 is 0 Å². The Labute approximate surface area is 110 Å². The van der Waals surface area contributed by atoms with Crippen LogP contribution in [0.25, 0.3) is 0 Å². The molecule has 0 bridgehead atoms. The quantitative estimate of drug-likeness (QED) is 0.887. The van der Waals surface area contributed by atoms with Gasteiger partial charge < -0.3 is 15.4 Å². The predicted molar refractivity (Wildman–Crippen MR) is 74.3 cm³/mol. The van der Waals surface area contributed by atoms with Crippen molar-refractivity contribution in [2.24, 2.45) is 11.7 Å². The van der Waals surface area contributed by atoms with Gasteiger partial charge >= 0.3 is 0 Å². The zero-order chi connectivity index (χ0) is 13.0. The van der Waals surface area contributed by atoms with Gasteiger partial charge in [0, 0.05) is 25.8 Å². The molecule has 100 valence electrons. The molecule has 1 atom stereocenters. The van der Waals surface area contributed by atoms with E-state index in [1.54, 1.807) is 0 Å². The molecule has 3 heteroatoms. The van der Waals surface area contributed by atoms with Gasteiger partial charge in [-0.1, -0.05) is 24.3 Å². The highest BCUT2D eigenvalue weighted by Gasteiger charge is 2.27. The first-order chi connectivity index (χ1) is 8.72. The molecule has 1 heterocycles. The van der Waals surface area contributed by atoms with Gasteiger partial charge in [0.2, 0.25) is 0 Å². The molecule has 0 amide bonds. The van der Waals surface area contributed by atoms with Crippen molar-refractivity contribution >= 4 is 0 Å². The van der Waals surface area contributed by atoms with Gasteiger partial charge in [0.25, 0.3) is 0 Å². The maximum absolute atomic E-state index is 5.74. The smallest absolute Gasteiger partial charge is 0.0469 e. The highest BCUT2D eigenvalue weighted by atomic mass is 16.5. The first-order valence-corrected chi connectivity index (χ1v) is 6.75. The Kier molecular flexibility index (Phi) is 4.75. The molecule has 1 unspecified atom stereocenters. The Bertz CT molecular complexity index is 373. The van der Waals surface area contributed by atoms with Crippen molar-refractivity contribution in [1.82, 2.24) is 4.90 Å². The van der Waals surface area contributed by atoms with Gasteiger partial charge in [0.05, 0.1) is 0 Å². The van der Waals surface area contributed by atoms with Gasteiger partial charge in [0.15, 0.2) is 0 Å². The molecule has 1 aromatic carbocycles. The van der Waals surface area contributed by atoms with Crippen molar-refractivity contribution in [1.29, 1.82) is 0 Å². The van der Waals surface area contributed by atoms with Gasteiger partial charge in [-0.05, 0) is 44.0 Å². The summed E-state index contributed by atoms with van der Waals surface area (Å²) in [5, 5.41) is 0. The van der Waals surface area contributed by atoms with Crippen LogP contribution in [0.5, 0.6) is 0 Å². The van der Waals surface area contributed by atoms with Crippen LogP contribution in [0, 0.1) is 5.92 Å². The summed E-state index contributed by atoms with van der Waals surface area (Å²) < 4.78 is 5.47. The molecule has 0 radical (unpaired) electrons. The number of ether oxygens (including phenoxy) is 1. The lowest BCUT2D eigenvalue weighted by molar-refractivity contribution is 0.0363. The minimum absolute atomic E-state index is 0.473. The van der Waals surface area contributed by atoms with E-state index in [1.807, 2.05) is 0 Å². The lowest BCUT2D eigenvalue weighted by Gasteiger charge is -2.35. The summed E-state index contributed by atoms with van der Waals surface area (Å²) in [5.41, 5.74) is 8.34. The fraction of sp³-hybridized carbons (Fsp3) is 0.600. The van der Waals surface area contributed by atoms with Gasteiger partial charge in [-0.3, -0.25) is 0 Å². The van der Waals surface area contributed by atoms with Crippen molar-refractivity contribution in [3.8, 4) is 0 Å². The van der Waals surface area contributed by atoms with Crippen LogP contribution >= 0.6 is 0 Å². The third kappa shape index (κ3) is 3.10. The maximum atomic E-state index is 5.74. The van der Waals surface area contributed by atoms with Crippen molar-refractivity contribution < 1.29 is 4.74 Å². The monoisotopic (exact) mass is 248 g/mol. The van der Waals surface area contributed by atoms with Crippen molar-refractivity contribution in [2.45, 2.75) is 25.4 Å². The zero-order valence-electron chi connectivity index (χ0n) is 11.4. The molecule has 18 heavy (non-hydrogen) atoms. The number of hydrogen-bond donors (Lipinski definition) is 1. The molecule has 1 aromatic rings. The minimum Gasteiger partial charge on any atom is -0.381 e. The Morgan fingerprint density at radius 1 is 1.33 bits per heavy atom. The largest absolute Gasteiger partial charge is 0.381 e. The molecule has 2 rings (SSSR count). The molecule has 1 aliphatic rings. The molecule has 3 nitrogen and oxygen atoms in total. The summed E-state index contributed by atoms with van der Waals surface area (Å²) in [6.07, 6.45) is 2.30. The van der Waals surface area contributed by atoms with Crippen LogP contribution in [0.3, 0.4) is 0 Å². The number of rotatable bonds is 4. The second-order valence-electron chi connectivity index (χ2n) is 5.31. The average molecular weight is 248 g/mol. The number of benzene rings is 1.